The van der Waals surface area contributed by atoms with E-state index in [0.29, 0.717) is 5.82 Å². The van der Waals surface area contributed by atoms with Crippen molar-refractivity contribution >= 4 is 42.3 Å². The summed E-state index contributed by atoms with van der Waals surface area (Å²) in [6.45, 7) is 0. The van der Waals surface area contributed by atoms with Gasteiger partial charge in [0.25, 0.3) is 0 Å². The zero-order valence-electron chi connectivity index (χ0n) is 35.7. The van der Waals surface area contributed by atoms with Crippen LogP contribution in [0.1, 0.15) is 22.3 Å². The summed E-state index contributed by atoms with van der Waals surface area (Å²) in [6.07, 6.45) is 0. The van der Waals surface area contributed by atoms with Gasteiger partial charge in [-0.3, -0.25) is 0 Å². The molecule has 0 atom stereocenters. The maximum Gasteiger partial charge on any atom is 0.160 e. The zero-order chi connectivity index (χ0) is 43.3. The average Bonchev–Trinajstić information content (AvgIpc) is 4.03. The highest BCUT2D eigenvalue weighted by atomic mass is 32.1. The molecule has 0 aliphatic heterocycles. The van der Waals surface area contributed by atoms with Gasteiger partial charge in [-0.1, -0.05) is 188 Å². The molecule has 306 valence electrons. The largest absolute Gasteiger partial charge is 0.228 e. The van der Waals surface area contributed by atoms with Gasteiger partial charge in [-0.05, 0) is 120 Å². The first kappa shape index (κ1) is 37.2. The third kappa shape index (κ3) is 5.47. The molecule has 0 unspecified atom stereocenters. The van der Waals surface area contributed by atoms with E-state index in [2.05, 4.69) is 231 Å². The Morgan fingerprint density at radius 1 is 0.303 bits per heavy atom. The Hall–Kier alpha value is -8.24. The first-order valence-corrected chi connectivity index (χ1v) is 23.4. The monoisotopic (exact) mass is 854 g/mol. The van der Waals surface area contributed by atoms with Crippen LogP contribution in [0.4, 0.5) is 0 Å². The van der Waals surface area contributed by atoms with Crippen LogP contribution in [0.2, 0.25) is 0 Å². The molecule has 1 spiro atoms. The van der Waals surface area contributed by atoms with Gasteiger partial charge in [-0.2, -0.15) is 0 Å². The van der Waals surface area contributed by atoms with Crippen molar-refractivity contribution < 1.29 is 0 Å². The minimum Gasteiger partial charge on any atom is -0.228 e. The summed E-state index contributed by atoms with van der Waals surface area (Å²) in [5.74, 6) is 0.697. The first-order chi connectivity index (χ1) is 32.7. The van der Waals surface area contributed by atoms with E-state index < -0.39 is 5.41 Å². The van der Waals surface area contributed by atoms with Crippen molar-refractivity contribution in [3.63, 3.8) is 0 Å². The summed E-state index contributed by atoms with van der Waals surface area (Å²) in [5.41, 5.74) is 19.5. The molecule has 2 nitrogen and oxygen atoms in total. The van der Waals surface area contributed by atoms with Crippen molar-refractivity contribution in [2.45, 2.75) is 5.41 Å². The van der Waals surface area contributed by atoms with Gasteiger partial charge in [0.1, 0.15) is 0 Å². The van der Waals surface area contributed by atoms with Gasteiger partial charge >= 0.3 is 0 Å². The second-order valence-electron chi connectivity index (χ2n) is 17.6. The lowest BCUT2D eigenvalue weighted by Gasteiger charge is -2.30. The van der Waals surface area contributed by atoms with E-state index in [1.54, 1.807) is 0 Å². The molecule has 0 amide bonds. The average molecular weight is 855 g/mol. The highest BCUT2D eigenvalue weighted by molar-refractivity contribution is 7.26. The molecule has 3 heteroatoms. The van der Waals surface area contributed by atoms with Crippen molar-refractivity contribution in [2.24, 2.45) is 0 Å². The van der Waals surface area contributed by atoms with Crippen LogP contribution in [0.25, 0.3) is 109 Å². The van der Waals surface area contributed by atoms with E-state index in [1.807, 2.05) is 11.3 Å². The minimum absolute atomic E-state index is 0.454. The third-order valence-corrected chi connectivity index (χ3v) is 15.3. The van der Waals surface area contributed by atoms with E-state index in [1.165, 1.54) is 86.6 Å². The Labute approximate surface area is 386 Å². The fraction of sp³-hybridized carbons (Fsp3) is 0.0159. The first-order valence-electron chi connectivity index (χ1n) is 22.6. The van der Waals surface area contributed by atoms with E-state index >= 15 is 0 Å². The van der Waals surface area contributed by atoms with Crippen molar-refractivity contribution in [1.82, 2.24) is 9.97 Å². The molecule has 0 bridgehead atoms. The predicted octanol–water partition coefficient (Wildman–Crippen LogP) is 16.7. The molecule has 0 saturated carbocycles. The lowest BCUT2D eigenvalue weighted by Crippen LogP contribution is -2.25. The van der Waals surface area contributed by atoms with Crippen LogP contribution in [-0.2, 0) is 5.41 Å². The van der Waals surface area contributed by atoms with Gasteiger partial charge in [-0.25, -0.2) is 9.97 Å². The molecule has 10 aromatic carbocycles. The molecule has 66 heavy (non-hydrogen) atoms. The van der Waals surface area contributed by atoms with Crippen LogP contribution in [0.3, 0.4) is 0 Å². The number of hydrogen-bond acceptors (Lipinski definition) is 3. The number of hydrogen-bond donors (Lipinski definition) is 0. The number of thiophene rings is 1. The second-order valence-corrected chi connectivity index (χ2v) is 18.7. The normalized spacial score (nSPS) is 13.0. The van der Waals surface area contributed by atoms with Gasteiger partial charge in [-0.15, -0.1) is 11.3 Å². The Morgan fingerprint density at radius 3 is 1.62 bits per heavy atom. The number of fused-ring (bicyclic) bond motifs is 14. The molecule has 2 aliphatic rings. The minimum atomic E-state index is -0.454. The molecule has 0 radical (unpaired) electrons. The maximum atomic E-state index is 5.44. The summed E-state index contributed by atoms with van der Waals surface area (Å²) in [4.78, 5) is 10.9. The van der Waals surface area contributed by atoms with Crippen LogP contribution in [0, 0.1) is 0 Å². The number of nitrogens with zero attached hydrogens (tertiary/aromatic N) is 2. The third-order valence-electron chi connectivity index (χ3n) is 14.1. The topological polar surface area (TPSA) is 25.8 Å². The second kappa shape index (κ2) is 14.4. The summed E-state index contributed by atoms with van der Waals surface area (Å²) in [6, 6.07) is 84.6. The van der Waals surface area contributed by atoms with Crippen LogP contribution in [0.5, 0.6) is 0 Å². The Morgan fingerprint density at radius 2 is 0.864 bits per heavy atom. The van der Waals surface area contributed by atoms with E-state index in [-0.39, 0.29) is 0 Å². The van der Waals surface area contributed by atoms with Gasteiger partial charge in [0.05, 0.1) is 16.8 Å². The molecule has 0 saturated heterocycles. The standard InChI is InChI=1S/C63H38N2S/c1-2-16-40(17-3-1)62-64-58(43-31-32-51-50-21-8-12-27-56(50)63(57(51)37-43)54-25-10-6-19-48(54)49-20-7-11-26-55(49)63)38-59(65-62)46-35-44(42-30-29-39-15-4-5-18-41(39)33-42)34-45(36-46)47-23-14-24-53-52-22-9-13-28-60(52)66-61(47)53/h1-38H. The van der Waals surface area contributed by atoms with Crippen LogP contribution in [0.15, 0.2) is 231 Å². The SMILES string of the molecule is c1ccc(-c2nc(-c3cc(-c4ccc5ccccc5c4)cc(-c4cccc5c4sc4ccccc45)c3)cc(-c3ccc4c(c3)C3(c5ccccc5-c5ccccc53)c3ccccc3-4)n2)cc1. The Balaban J connectivity index is 1.01. The van der Waals surface area contributed by atoms with Crippen molar-refractivity contribution in [2.75, 3.05) is 0 Å². The highest BCUT2D eigenvalue weighted by Crippen LogP contribution is 2.63. The predicted molar refractivity (Wildman–Crippen MR) is 276 cm³/mol. The van der Waals surface area contributed by atoms with Crippen molar-refractivity contribution in [1.29, 1.82) is 0 Å². The van der Waals surface area contributed by atoms with Gasteiger partial charge in [0.15, 0.2) is 5.82 Å². The molecule has 2 aromatic heterocycles. The summed E-state index contributed by atoms with van der Waals surface area (Å²) in [5, 5.41) is 5.02. The highest BCUT2D eigenvalue weighted by Gasteiger charge is 2.51. The van der Waals surface area contributed by atoms with E-state index in [9.17, 15) is 0 Å². The van der Waals surface area contributed by atoms with Crippen molar-refractivity contribution in [3.05, 3.63) is 253 Å². The van der Waals surface area contributed by atoms with Gasteiger partial charge < -0.3 is 0 Å². The molecular weight excluding hydrogens is 817 g/mol. The lowest BCUT2D eigenvalue weighted by molar-refractivity contribution is 0.794. The number of aromatic nitrogens is 2. The van der Waals surface area contributed by atoms with E-state index in [0.717, 1.165) is 39.2 Å². The van der Waals surface area contributed by atoms with Crippen molar-refractivity contribution in [3.8, 4) is 78.4 Å². The lowest BCUT2D eigenvalue weighted by atomic mass is 9.70. The quantitative estimate of drug-likeness (QED) is 0.172. The molecule has 0 fully saturated rings. The van der Waals surface area contributed by atoms with E-state index in [4.69, 9.17) is 9.97 Å². The molecule has 12 aromatic rings. The summed E-state index contributed by atoms with van der Waals surface area (Å²) >= 11 is 1.87. The van der Waals surface area contributed by atoms with Gasteiger partial charge in [0, 0.05) is 36.9 Å². The smallest absolute Gasteiger partial charge is 0.160 e. The zero-order valence-corrected chi connectivity index (χ0v) is 36.6. The fourth-order valence-corrected chi connectivity index (χ4v) is 12.4. The van der Waals surface area contributed by atoms with Gasteiger partial charge in [0.2, 0.25) is 0 Å². The number of benzene rings is 10. The van der Waals surface area contributed by atoms with Crippen LogP contribution < -0.4 is 0 Å². The van der Waals surface area contributed by atoms with Crippen LogP contribution >= 0.6 is 11.3 Å². The Bertz CT molecular complexity index is 3890. The molecule has 0 N–H and O–H groups in total. The summed E-state index contributed by atoms with van der Waals surface area (Å²) < 4.78 is 2.58. The Kier molecular flexibility index (Phi) is 8.10. The maximum absolute atomic E-state index is 5.44. The molecular formula is C63H38N2S. The number of rotatable bonds is 5. The van der Waals surface area contributed by atoms with Crippen LogP contribution in [-0.4, -0.2) is 9.97 Å². The molecule has 2 aliphatic carbocycles. The molecule has 2 heterocycles. The fourth-order valence-electron chi connectivity index (χ4n) is 11.2. The molecule has 14 rings (SSSR count). The summed E-state index contributed by atoms with van der Waals surface area (Å²) in [7, 11) is 0.